The number of ether oxygens (including phenoxy) is 2. The van der Waals surface area contributed by atoms with Crippen molar-refractivity contribution in [1.29, 1.82) is 0 Å². The van der Waals surface area contributed by atoms with E-state index in [9.17, 15) is 18.4 Å². The molecule has 9 heteroatoms. The van der Waals surface area contributed by atoms with E-state index in [0.29, 0.717) is 22.9 Å². The molecule has 0 unspecified atom stereocenters. The summed E-state index contributed by atoms with van der Waals surface area (Å²) < 4.78 is 39.1. The van der Waals surface area contributed by atoms with Gasteiger partial charge in [0.15, 0.2) is 0 Å². The normalized spacial score (nSPS) is 12.4. The van der Waals surface area contributed by atoms with Crippen LogP contribution in [0.3, 0.4) is 0 Å². The van der Waals surface area contributed by atoms with Crippen LogP contribution in [0.4, 0.5) is 13.6 Å². The van der Waals surface area contributed by atoms with Crippen molar-refractivity contribution in [2.75, 3.05) is 6.54 Å². The number of pyridine rings is 1. The lowest BCUT2D eigenvalue weighted by molar-refractivity contribution is 0.0931. The molecule has 7 nitrogen and oxygen atoms in total. The molecule has 2 N–H and O–H groups in total. The fourth-order valence-corrected chi connectivity index (χ4v) is 3.92. The van der Waals surface area contributed by atoms with Gasteiger partial charge in [0.1, 0.15) is 36.1 Å². The van der Waals surface area contributed by atoms with E-state index in [4.69, 9.17) is 9.47 Å². The van der Waals surface area contributed by atoms with Crippen LogP contribution in [0.5, 0.6) is 5.75 Å². The molecule has 1 aromatic heterocycles. The van der Waals surface area contributed by atoms with Crippen LogP contribution >= 0.6 is 0 Å². The summed E-state index contributed by atoms with van der Waals surface area (Å²) in [7, 11) is 0. The highest BCUT2D eigenvalue weighted by Crippen LogP contribution is 2.27. The molecule has 39 heavy (non-hydrogen) atoms. The number of nitrogens with zero attached hydrogens (tertiary/aromatic N) is 1. The van der Waals surface area contributed by atoms with Crippen LogP contribution < -0.4 is 15.4 Å². The molecular weight excluding hydrogens is 504 g/mol. The quantitative estimate of drug-likeness (QED) is 0.264. The summed E-state index contributed by atoms with van der Waals surface area (Å²) in [5.41, 5.74) is 0.628. The second-order valence-electron chi connectivity index (χ2n) is 9.28. The average molecular weight is 534 g/mol. The molecule has 4 rings (SSSR count). The third kappa shape index (κ3) is 6.87. The van der Waals surface area contributed by atoms with E-state index in [-0.39, 0.29) is 37.0 Å². The van der Waals surface area contributed by atoms with Gasteiger partial charge in [-0.15, -0.1) is 0 Å². The summed E-state index contributed by atoms with van der Waals surface area (Å²) in [6.45, 7) is 3.66. The first-order chi connectivity index (χ1) is 18.8. The molecule has 0 saturated carbocycles. The Morgan fingerprint density at radius 1 is 0.923 bits per heavy atom. The van der Waals surface area contributed by atoms with Crippen molar-refractivity contribution in [1.82, 2.24) is 15.6 Å². The summed E-state index contributed by atoms with van der Waals surface area (Å²) in [4.78, 5) is 29.9. The number of hydrogen-bond acceptors (Lipinski definition) is 5. The molecule has 0 bridgehead atoms. The highest BCUT2D eigenvalue weighted by molar-refractivity contribution is 6.07. The largest absolute Gasteiger partial charge is 0.486 e. The lowest BCUT2D eigenvalue weighted by Gasteiger charge is -2.29. The zero-order valence-electron chi connectivity index (χ0n) is 21.7. The zero-order valence-corrected chi connectivity index (χ0v) is 21.7. The molecule has 0 saturated heterocycles. The minimum atomic E-state index is -0.760. The van der Waals surface area contributed by atoms with E-state index >= 15 is 0 Å². The number of para-hydroxylation sites is 1. The minimum Gasteiger partial charge on any atom is -0.486 e. The molecule has 4 aromatic rings. The van der Waals surface area contributed by atoms with Gasteiger partial charge >= 0.3 is 6.09 Å². The van der Waals surface area contributed by atoms with Crippen molar-refractivity contribution >= 4 is 22.9 Å². The Kier molecular flexibility index (Phi) is 8.70. The predicted octanol–water partition coefficient (Wildman–Crippen LogP) is 5.92. The summed E-state index contributed by atoms with van der Waals surface area (Å²) in [6.07, 6.45) is 1.42. The second kappa shape index (κ2) is 12.3. The van der Waals surface area contributed by atoms with Crippen LogP contribution in [0.1, 0.15) is 41.8 Å². The molecule has 3 aromatic carbocycles. The topological polar surface area (TPSA) is 89.5 Å². The summed E-state index contributed by atoms with van der Waals surface area (Å²) in [5.74, 6) is -1.51. The van der Waals surface area contributed by atoms with Crippen LogP contribution in [0.25, 0.3) is 10.9 Å². The first-order valence-electron chi connectivity index (χ1n) is 12.5. The SMILES string of the molecule is CC[C@@](C)(CNC(=O)c1ccnc2c(OCc3c(F)cccc3F)cccc12)NC(=O)OCc1ccccc1. The van der Waals surface area contributed by atoms with Gasteiger partial charge in [-0.2, -0.15) is 0 Å². The van der Waals surface area contributed by atoms with E-state index in [1.54, 1.807) is 24.3 Å². The Labute approximate surface area is 225 Å². The number of alkyl carbamates (subject to hydrolysis) is 1. The summed E-state index contributed by atoms with van der Waals surface area (Å²) in [6, 6.07) is 19.5. The van der Waals surface area contributed by atoms with E-state index in [2.05, 4.69) is 15.6 Å². The minimum absolute atomic E-state index is 0.135. The van der Waals surface area contributed by atoms with Crippen molar-refractivity contribution in [2.45, 2.75) is 39.0 Å². The number of hydrogen-bond donors (Lipinski definition) is 2. The predicted molar refractivity (Wildman–Crippen MR) is 143 cm³/mol. The van der Waals surface area contributed by atoms with Crippen molar-refractivity contribution in [3.05, 3.63) is 107 Å². The van der Waals surface area contributed by atoms with Gasteiger partial charge in [0.25, 0.3) is 5.91 Å². The number of aromatic nitrogens is 1. The number of fused-ring (bicyclic) bond motifs is 1. The van der Waals surface area contributed by atoms with Crippen LogP contribution in [0, 0.1) is 11.6 Å². The van der Waals surface area contributed by atoms with Gasteiger partial charge in [-0.1, -0.05) is 55.5 Å². The van der Waals surface area contributed by atoms with Gasteiger partial charge in [0, 0.05) is 18.1 Å². The number of amides is 2. The first-order valence-corrected chi connectivity index (χ1v) is 12.5. The standard InChI is InChI=1S/C30H29F2N3O4/c1-3-30(2,35-29(37)39-17-20-9-5-4-6-10-20)19-34-28(36)22-15-16-33-27-21(22)11-7-14-26(27)38-18-23-24(31)12-8-13-25(23)32/h4-16H,3,17-19H2,1-2H3,(H,34,36)(H,35,37)/t30-/m0/s1. The molecule has 0 radical (unpaired) electrons. The maximum absolute atomic E-state index is 14.0. The number of carbonyl (C=O) groups excluding carboxylic acids is 2. The highest BCUT2D eigenvalue weighted by Gasteiger charge is 2.26. The maximum Gasteiger partial charge on any atom is 0.407 e. The molecule has 1 heterocycles. The molecule has 202 valence electrons. The summed E-state index contributed by atoms with van der Waals surface area (Å²) in [5, 5.41) is 6.22. The number of rotatable bonds is 10. The molecular formula is C30H29F2N3O4. The fourth-order valence-electron chi connectivity index (χ4n) is 3.92. The highest BCUT2D eigenvalue weighted by atomic mass is 19.1. The van der Waals surface area contributed by atoms with Crippen molar-refractivity contribution in [3.63, 3.8) is 0 Å². The van der Waals surface area contributed by atoms with Crippen LogP contribution in [0.15, 0.2) is 79.0 Å². The van der Waals surface area contributed by atoms with Gasteiger partial charge in [-0.25, -0.2) is 13.6 Å². The molecule has 2 amide bonds. The monoisotopic (exact) mass is 533 g/mol. The lowest BCUT2D eigenvalue weighted by Crippen LogP contribution is -2.53. The van der Waals surface area contributed by atoms with Crippen LogP contribution in [-0.2, 0) is 18.0 Å². The van der Waals surface area contributed by atoms with E-state index < -0.39 is 23.3 Å². The van der Waals surface area contributed by atoms with Crippen LogP contribution in [-0.4, -0.2) is 29.1 Å². The number of benzene rings is 3. The van der Waals surface area contributed by atoms with Gasteiger partial charge in [-0.3, -0.25) is 9.78 Å². The van der Waals surface area contributed by atoms with E-state index in [1.807, 2.05) is 44.2 Å². The van der Waals surface area contributed by atoms with Gasteiger partial charge in [0.05, 0.1) is 16.7 Å². The van der Waals surface area contributed by atoms with Gasteiger partial charge < -0.3 is 20.1 Å². The van der Waals surface area contributed by atoms with E-state index in [0.717, 1.165) is 17.7 Å². The Balaban J connectivity index is 1.42. The molecule has 0 fully saturated rings. The molecule has 0 aliphatic rings. The maximum atomic E-state index is 14.0. The van der Waals surface area contributed by atoms with Gasteiger partial charge in [-0.05, 0) is 43.2 Å². The number of halogens is 2. The zero-order chi connectivity index (χ0) is 27.8. The van der Waals surface area contributed by atoms with Crippen molar-refractivity contribution < 1.29 is 27.8 Å². The molecule has 0 aliphatic carbocycles. The van der Waals surface area contributed by atoms with Crippen molar-refractivity contribution in [2.24, 2.45) is 0 Å². The molecule has 0 spiro atoms. The smallest absolute Gasteiger partial charge is 0.407 e. The number of nitrogens with one attached hydrogen (secondary N) is 2. The van der Waals surface area contributed by atoms with E-state index in [1.165, 1.54) is 12.3 Å². The Hall–Kier alpha value is -4.53. The Morgan fingerprint density at radius 2 is 1.64 bits per heavy atom. The third-order valence-electron chi connectivity index (χ3n) is 6.45. The molecule has 0 aliphatic heterocycles. The second-order valence-corrected chi connectivity index (χ2v) is 9.28. The fraction of sp³-hybridized carbons (Fsp3) is 0.233. The van der Waals surface area contributed by atoms with Crippen LogP contribution in [0.2, 0.25) is 0 Å². The van der Waals surface area contributed by atoms with Crippen molar-refractivity contribution in [3.8, 4) is 5.75 Å². The summed E-state index contributed by atoms with van der Waals surface area (Å²) >= 11 is 0. The Bertz CT molecular complexity index is 1450. The molecule has 1 atom stereocenters. The van der Waals surface area contributed by atoms with Gasteiger partial charge in [0.2, 0.25) is 0 Å². The third-order valence-corrected chi connectivity index (χ3v) is 6.45. The lowest BCUT2D eigenvalue weighted by atomic mass is 9.98. The average Bonchev–Trinajstić information content (AvgIpc) is 2.95. The Morgan fingerprint density at radius 3 is 2.36 bits per heavy atom. The first kappa shape index (κ1) is 27.5. The number of carbonyl (C=O) groups is 2.